The Kier molecular flexibility index (Phi) is 2.12. The quantitative estimate of drug-likeness (QED) is 0.527. The molecule has 9 heavy (non-hydrogen) atoms. The van der Waals surface area contributed by atoms with Crippen LogP contribution in [0.2, 0.25) is 0 Å². The number of rotatable bonds is 0. The van der Waals surface area contributed by atoms with Gasteiger partial charge in [-0.15, -0.1) is 0 Å². The van der Waals surface area contributed by atoms with Gasteiger partial charge in [0.2, 0.25) is 0 Å². The summed E-state index contributed by atoms with van der Waals surface area (Å²) < 4.78 is 0. The van der Waals surface area contributed by atoms with Crippen LogP contribution in [0, 0.1) is 5.41 Å². The Bertz CT molecular complexity index is 81.3. The summed E-state index contributed by atoms with van der Waals surface area (Å²) in [5.41, 5.74) is 0.833. The predicted molar refractivity (Wildman–Crippen MR) is 42.6 cm³/mol. The standard InChI is InChI=1S/C6H11N.C2H6.H2/c1-2-6(1)3-4-7-5-6;1-2;/h7H,1-5H2;1-2H3;1H. The molecule has 0 aromatic heterocycles. The molecule has 0 atom stereocenters. The third kappa shape index (κ3) is 1.45. The van der Waals surface area contributed by atoms with Crippen LogP contribution in [0.5, 0.6) is 0 Å². The summed E-state index contributed by atoms with van der Waals surface area (Å²) >= 11 is 0. The molecular formula is C8H19N. The average molecular weight is 129 g/mol. The molecule has 2 fully saturated rings. The lowest BCUT2D eigenvalue weighted by Gasteiger charge is -1.96. The van der Waals surface area contributed by atoms with Crippen LogP contribution < -0.4 is 5.32 Å². The second-order valence-corrected chi connectivity index (χ2v) is 2.93. The highest BCUT2D eigenvalue weighted by Gasteiger charge is 2.44. The molecule has 1 aliphatic carbocycles. The second-order valence-electron chi connectivity index (χ2n) is 2.93. The summed E-state index contributed by atoms with van der Waals surface area (Å²) in [7, 11) is 0. The van der Waals surface area contributed by atoms with Crippen LogP contribution in [0.3, 0.4) is 0 Å². The fourth-order valence-electron chi connectivity index (χ4n) is 1.40. The maximum Gasteiger partial charge on any atom is 0.000829 e. The van der Waals surface area contributed by atoms with E-state index in [1.807, 2.05) is 13.8 Å². The van der Waals surface area contributed by atoms with E-state index in [1.165, 1.54) is 32.4 Å². The minimum Gasteiger partial charge on any atom is -0.316 e. The first kappa shape index (κ1) is 7.07. The minimum absolute atomic E-state index is 0. The zero-order valence-electron chi connectivity index (χ0n) is 6.54. The topological polar surface area (TPSA) is 12.0 Å². The molecule has 0 aromatic rings. The Hall–Kier alpha value is -0.0400. The van der Waals surface area contributed by atoms with Crippen molar-refractivity contribution in [2.45, 2.75) is 33.1 Å². The van der Waals surface area contributed by atoms with Gasteiger partial charge in [0.1, 0.15) is 0 Å². The van der Waals surface area contributed by atoms with Crippen LogP contribution in [0.1, 0.15) is 34.5 Å². The maximum absolute atomic E-state index is 3.38. The number of hydrogen-bond acceptors (Lipinski definition) is 1. The summed E-state index contributed by atoms with van der Waals surface area (Å²) in [6, 6.07) is 0. The van der Waals surface area contributed by atoms with E-state index in [2.05, 4.69) is 5.32 Å². The lowest BCUT2D eigenvalue weighted by atomic mass is 10.1. The molecule has 0 bridgehead atoms. The van der Waals surface area contributed by atoms with E-state index in [-0.39, 0.29) is 1.43 Å². The molecule has 0 unspecified atom stereocenters. The highest BCUT2D eigenvalue weighted by atomic mass is 14.9. The Morgan fingerprint density at radius 1 is 1.22 bits per heavy atom. The summed E-state index contributed by atoms with van der Waals surface area (Å²) in [6.07, 6.45) is 4.45. The highest BCUT2D eigenvalue weighted by molar-refractivity contribution is 4.98. The summed E-state index contributed by atoms with van der Waals surface area (Å²) in [4.78, 5) is 0. The lowest BCUT2D eigenvalue weighted by Crippen LogP contribution is -2.08. The van der Waals surface area contributed by atoms with Crippen LogP contribution in [0.25, 0.3) is 0 Å². The summed E-state index contributed by atoms with van der Waals surface area (Å²) in [5, 5.41) is 3.38. The average Bonchev–Trinajstić information content (AvgIpc) is 2.46. The van der Waals surface area contributed by atoms with E-state index >= 15 is 0 Å². The minimum atomic E-state index is 0. The molecule has 0 radical (unpaired) electrons. The van der Waals surface area contributed by atoms with Crippen molar-refractivity contribution < 1.29 is 1.43 Å². The maximum atomic E-state index is 3.38. The molecule has 2 aliphatic rings. The highest BCUT2D eigenvalue weighted by Crippen LogP contribution is 2.49. The first-order chi connectivity index (χ1) is 4.41. The van der Waals surface area contributed by atoms with E-state index in [0.29, 0.717) is 0 Å². The van der Waals surface area contributed by atoms with E-state index in [9.17, 15) is 0 Å². The van der Waals surface area contributed by atoms with Gasteiger partial charge >= 0.3 is 0 Å². The Morgan fingerprint density at radius 2 is 1.89 bits per heavy atom. The van der Waals surface area contributed by atoms with Gasteiger partial charge in [0, 0.05) is 7.97 Å². The smallest absolute Gasteiger partial charge is 0.000829 e. The van der Waals surface area contributed by atoms with Crippen LogP contribution in [-0.2, 0) is 0 Å². The third-order valence-electron chi connectivity index (χ3n) is 2.29. The van der Waals surface area contributed by atoms with Crippen molar-refractivity contribution in [3.8, 4) is 0 Å². The van der Waals surface area contributed by atoms with Crippen molar-refractivity contribution in [2.24, 2.45) is 5.41 Å². The normalized spacial score (nSPS) is 27.3. The molecule has 1 nitrogen and oxygen atoms in total. The van der Waals surface area contributed by atoms with Crippen molar-refractivity contribution >= 4 is 0 Å². The number of hydrogen-bond donors (Lipinski definition) is 1. The van der Waals surface area contributed by atoms with Crippen molar-refractivity contribution in [2.75, 3.05) is 13.1 Å². The van der Waals surface area contributed by atoms with Crippen molar-refractivity contribution in [3.05, 3.63) is 0 Å². The van der Waals surface area contributed by atoms with Crippen LogP contribution in [0.4, 0.5) is 0 Å². The van der Waals surface area contributed by atoms with Crippen LogP contribution in [0.15, 0.2) is 0 Å². The Labute approximate surface area is 59.3 Å². The largest absolute Gasteiger partial charge is 0.316 e. The molecular weight excluding hydrogens is 110 g/mol. The number of nitrogens with one attached hydrogen (secondary N) is 1. The molecule has 1 N–H and O–H groups in total. The first-order valence-electron chi connectivity index (χ1n) is 4.12. The van der Waals surface area contributed by atoms with Crippen molar-refractivity contribution in [1.82, 2.24) is 5.32 Å². The fraction of sp³-hybridized carbons (Fsp3) is 1.00. The Morgan fingerprint density at radius 3 is 2.11 bits per heavy atom. The molecule has 56 valence electrons. The zero-order valence-corrected chi connectivity index (χ0v) is 6.54. The fourth-order valence-corrected chi connectivity index (χ4v) is 1.40. The van der Waals surface area contributed by atoms with Crippen LogP contribution >= 0.6 is 0 Å². The van der Waals surface area contributed by atoms with Gasteiger partial charge in [-0.1, -0.05) is 13.8 Å². The van der Waals surface area contributed by atoms with Gasteiger partial charge < -0.3 is 5.32 Å². The monoisotopic (exact) mass is 129 g/mol. The van der Waals surface area contributed by atoms with Gasteiger partial charge in [-0.3, -0.25) is 0 Å². The predicted octanol–water partition coefficient (Wildman–Crippen LogP) is 2.03. The van der Waals surface area contributed by atoms with Gasteiger partial charge in [0.15, 0.2) is 0 Å². The van der Waals surface area contributed by atoms with Crippen molar-refractivity contribution in [3.63, 3.8) is 0 Å². The molecule has 0 amide bonds. The van der Waals surface area contributed by atoms with E-state index in [4.69, 9.17) is 0 Å². The van der Waals surface area contributed by atoms with Gasteiger partial charge in [-0.05, 0) is 31.2 Å². The van der Waals surface area contributed by atoms with Crippen LogP contribution in [-0.4, -0.2) is 13.1 Å². The van der Waals surface area contributed by atoms with E-state index in [0.717, 1.165) is 5.41 Å². The molecule has 2 rings (SSSR count). The zero-order chi connectivity index (χ0) is 6.74. The second kappa shape index (κ2) is 2.70. The SMILES string of the molecule is C1CC2(CC2)CN1.CC.[HH]. The van der Waals surface area contributed by atoms with Gasteiger partial charge in [0.25, 0.3) is 0 Å². The van der Waals surface area contributed by atoms with E-state index in [1.54, 1.807) is 0 Å². The summed E-state index contributed by atoms with van der Waals surface area (Å²) in [6.45, 7) is 6.59. The molecule has 1 spiro atoms. The van der Waals surface area contributed by atoms with Gasteiger partial charge in [-0.2, -0.15) is 0 Å². The third-order valence-corrected chi connectivity index (χ3v) is 2.29. The van der Waals surface area contributed by atoms with E-state index < -0.39 is 0 Å². The van der Waals surface area contributed by atoms with Gasteiger partial charge in [0.05, 0.1) is 0 Å². The summed E-state index contributed by atoms with van der Waals surface area (Å²) in [5.74, 6) is 0. The molecule has 1 aliphatic heterocycles. The molecule has 1 heterocycles. The Balaban J connectivity index is 0.000000251. The molecule has 1 saturated heterocycles. The van der Waals surface area contributed by atoms with Crippen molar-refractivity contribution in [1.29, 1.82) is 0 Å². The lowest BCUT2D eigenvalue weighted by molar-refractivity contribution is 0.574. The first-order valence-corrected chi connectivity index (χ1v) is 4.12. The molecule has 0 aromatic carbocycles. The molecule has 1 saturated carbocycles. The molecule has 1 heteroatoms. The van der Waals surface area contributed by atoms with Gasteiger partial charge in [-0.25, -0.2) is 0 Å².